The summed E-state index contributed by atoms with van der Waals surface area (Å²) in [7, 11) is 0. The van der Waals surface area contributed by atoms with Crippen molar-refractivity contribution in [3.8, 4) is 0 Å². The van der Waals surface area contributed by atoms with Crippen molar-refractivity contribution in [1.29, 1.82) is 0 Å². The maximum absolute atomic E-state index is 13.3. The van der Waals surface area contributed by atoms with E-state index in [1.165, 1.54) is 24.8 Å². The predicted octanol–water partition coefficient (Wildman–Crippen LogP) is 5.18. The van der Waals surface area contributed by atoms with Gasteiger partial charge in [-0.3, -0.25) is 9.59 Å². The van der Waals surface area contributed by atoms with Crippen LogP contribution in [0.15, 0.2) is 54.6 Å². The van der Waals surface area contributed by atoms with Crippen LogP contribution in [0.1, 0.15) is 68.6 Å². The molecule has 1 fully saturated rings. The zero-order chi connectivity index (χ0) is 22.1. The number of amides is 2. The Hall–Kier alpha value is -2.62. The molecule has 2 aromatic rings. The standard InChI is InChI=1S/C27H36N2O2/c1-3-25(27(31)28-24-12-8-5-9-13-24)29(20-23-10-6-4-7-11-23)26(30)19-18-22-16-14-21(2)15-17-22/h4,6-7,10-11,14-17,24-25H,3,5,8-9,12-13,18-20H2,1-2H3,(H,28,31)/t25-/m0/s1. The van der Waals surface area contributed by atoms with E-state index in [-0.39, 0.29) is 17.9 Å². The zero-order valence-electron chi connectivity index (χ0n) is 19.0. The Labute approximate surface area is 187 Å². The number of aryl methyl sites for hydroxylation is 2. The Morgan fingerprint density at radius 2 is 1.65 bits per heavy atom. The van der Waals surface area contributed by atoms with Crippen molar-refractivity contribution in [2.75, 3.05) is 0 Å². The summed E-state index contributed by atoms with van der Waals surface area (Å²) in [6.45, 7) is 4.52. The minimum Gasteiger partial charge on any atom is -0.352 e. The molecule has 1 saturated carbocycles. The normalized spacial score (nSPS) is 15.3. The highest BCUT2D eigenvalue weighted by Crippen LogP contribution is 2.19. The molecule has 1 aliphatic rings. The molecule has 0 spiro atoms. The SMILES string of the molecule is CC[C@@H](C(=O)NC1CCCCC1)N(Cc1ccccc1)C(=O)CCc1ccc(C)cc1. The highest BCUT2D eigenvalue weighted by atomic mass is 16.2. The van der Waals surface area contributed by atoms with Crippen LogP contribution in [-0.2, 0) is 22.6 Å². The summed E-state index contributed by atoms with van der Waals surface area (Å²) in [4.78, 5) is 28.3. The highest BCUT2D eigenvalue weighted by molar-refractivity contribution is 5.88. The maximum Gasteiger partial charge on any atom is 0.243 e. The summed E-state index contributed by atoms with van der Waals surface area (Å²) < 4.78 is 0. The summed E-state index contributed by atoms with van der Waals surface area (Å²) in [5, 5.41) is 3.24. The molecule has 4 nitrogen and oxygen atoms in total. The fourth-order valence-corrected chi connectivity index (χ4v) is 4.39. The van der Waals surface area contributed by atoms with Crippen molar-refractivity contribution in [3.63, 3.8) is 0 Å². The average Bonchev–Trinajstić information content (AvgIpc) is 2.79. The van der Waals surface area contributed by atoms with Crippen LogP contribution in [0.25, 0.3) is 0 Å². The molecule has 166 valence electrons. The fraction of sp³-hybridized carbons (Fsp3) is 0.481. The number of benzene rings is 2. The summed E-state index contributed by atoms with van der Waals surface area (Å²) in [5.41, 5.74) is 3.42. The van der Waals surface area contributed by atoms with Crippen LogP contribution < -0.4 is 5.32 Å². The van der Waals surface area contributed by atoms with Gasteiger partial charge in [0.05, 0.1) is 0 Å². The number of nitrogens with one attached hydrogen (secondary N) is 1. The van der Waals surface area contributed by atoms with E-state index in [1.807, 2.05) is 37.3 Å². The van der Waals surface area contributed by atoms with Crippen molar-refractivity contribution >= 4 is 11.8 Å². The molecular weight excluding hydrogens is 384 g/mol. The first-order chi connectivity index (χ1) is 15.1. The molecule has 3 rings (SSSR count). The van der Waals surface area contributed by atoms with E-state index >= 15 is 0 Å². The molecule has 0 heterocycles. The first kappa shape index (κ1) is 23.1. The van der Waals surface area contributed by atoms with E-state index in [4.69, 9.17) is 0 Å². The Balaban J connectivity index is 1.72. The van der Waals surface area contributed by atoms with Crippen LogP contribution in [0.5, 0.6) is 0 Å². The Morgan fingerprint density at radius 1 is 0.968 bits per heavy atom. The first-order valence-corrected chi connectivity index (χ1v) is 11.8. The van der Waals surface area contributed by atoms with Gasteiger partial charge in [-0.25, -0.2) is 0 Å². The third kappa shape index (κ3) is 6.95. The molecule has 4 heteroatoms. The van der Waals surface area contributed by atoms with Gasteiger partial charge in [-0.15, -0.1) is 0 Å². The Kier molecular flexibility index (Phi) is 8.69. The maximum atomic E-state index is 13.3. The topological polar surface area (TPSA) is 49.4 Å². The molecule has 0 aromatic heterocycles. The number of nitrogens with zero attached hydrogens (tertiary/aromatic N) is 1. The lowest BCUT2D eigenvalue weighted by Crippen LogP contribution is -2.51. The monoisotopic (exact) mass is 420 g/mol. The molecular formula is C27H36N2O2. The van der Waals surface area contributed by atoms with Gasteiger partial charge in [0.15, 0.2) is 0 Å². The lowest BCUT2D eigenvalue weighted by atomic mass is 9.95. The third-order valence-corrected chi connectivity index (χ3v) is 6.28. The highest BCUT2D eigenvalue weighted by Gasteiger charge is 2.30. The number of rotatable bonds is 9. The van der Waals surface area contributed by atoms with Gasteiger partial charge >= 0.3 is 0 Å². The largest absolute Gasteiger partial charge is 0.352 e. The van der Waals surface area contributed by atoms with Crippen LogP contribution in [-0.4, -0.2) is 28.8 Å². The lowest BCUT2D eigenvalue weighted by molar-refractivity contribution is -0.141. The van der Waals surface area contributed by atoms with Gasteiger partial charge in [0.25, 0.3) is 0 Å². The fourth-order valence-electron chi connectivity index (χ4n) is 4.39. The molecule has 2 aromatic carbocycles. The minimum atomic E-state index is -0.437. The van der Waals surface area contributed by atoms with E-state index in [9.17, 15) is 9.59 Å². The average molecular weight is 421 g/mol. The van der Waals surface area contributed by atoms with E-state index in [2.05, 4.69) is 36.5 Å². The van der Waals surface area contributed by atoms with E-state index in [0.29, 0.717) is 25.8 Å². The molecule has 1 aliphatic carbocycles. The quantitative estimate of drug-likeness (QED) is 0.607. The number of carbonyl (C=O) groups is 2. The van der Waals surface area contributed by atoms with Crippen LogP contribution in [0.3, 0.4) is 0 Å². The van der Waals surface area contributed by atoms with Gasteiger partial charge in [0.2, 0.25) is 11.8 Å². The van der Waals surface area contributed by atoms with Crippen LogP contribution >= 0.6 is 0 Å². The number of hydrogen-bond donors (Lipinski definition) is 1. The van der Waals surface area contributed by atoms with Crippen molar-refractivity contribution < 1.29 is 9.59 Å². The van der Waals surface area contributed by atoms with Crippen molar-refractivity contribution in [2.45, 2.75) is 83.8 Å². The Bertz CT molecular complexity index is 826. The zero-order valence-corrected chi connectivity index (χ0v) is 19.0. The van der Waals surface area contributed by atoms with E-state index < -0.39 is 6.04 Å². The van der Waals surface area contributed by atoms with Crippen LogP contribution in [0.2, 0.25) is 0 Å². The van der Waals surface area contributed by atoms with E-state index in [1.54, 1.807) is 4.90 Å². The molecule has 0 radical (unpaired) electrons. The molecule has 0 bridgehead atoms. The van der Waals surface area contributed by atoms with Gasteiger partial charge in [0, 0.05) is 19.0 Å². The molecule has 1 atom stereocenters. The molecule has 0 saturated heterocycles. The van der Waals surface area contributed by atoms with Gasteiger partial charge in [-0.05, 0) is 43.7 Å². The molecule has 2 amide bonds. The number of hydrogen-bond acceptors (Lipinski definition) is 2. The second-order valence-corrected chi connectivity index (χ2v) is 8.76. The summed E-state index contributed by atoms with van der Waals surface area (Å²) in [6, 6.07) is 18.1. The molecule has 0 aliphatic heterocycles. The van der Waals surface area contributed by atoms with Gasteiger partial charge in [0.1, 0.15) is 6.04 Å². The van der Waals surface area contributed by atoms with Crippen LogP contribution in [0.4, 0.5) is 0 Å². The predicted molar refractivity (Wildman–Crippen MR) is 126 cm³/mol. The van der Waals surface area contributed by atoms with Crippen LogP contribution in [0, 0.1) is 6.92 Å². The second kappa shape index (κ2) is 11.7. The van der Waals surface area contributed by atoms with Crippen molar-refractivity contribution in [3.05, 3.63) is 71.3 Å². The molecule has 31 heavy (non-hydrogen) atoms. The van der Waals surface area contributed by atoms with Crippen molar-refractivity contribution in [1.82, 2.24) is 10.2 Å². The molecule has 0 unspecified atom stereocenters. The summed E-state index contributed by atoms with van der Waals surface area (Å²) in [6.07, 6.45) is 7.39. The minimum absolute atomic E-state index is 0.00554. The third-order valence-electron chi connectivity index (χ3n) is 6.28. The van der Waals surface area contributed by atoms with Gasteiger partial charge < -0.3 is 10.2 Å². The summed E-state index contributed by atoms with van der Waals surface area (Å²) in [5.74, 6) is 0.0316. The number of carbonyl (C=O) groups excluding carboxylic acids is 2. The Morgan fingerprint density at radius 3 is 2.29 bits per heavy atom. The van der Waals surface area contributed by atoms with Crippen molar-refractivity contribution in [2.24, 2.45) is 0 Å². The smallest absolute Gasteiger partial charge is 0.243 e. The summed E-state index contributed by atoms with van der Waals surface area (Å²) >= 11 is 0. The first-order valence-electron chi connectivity index (χ1n) is 11.8. The van der Waals surface area contributed by atoms with E-state index in [0.717, 1.165) is 24.0 Å². The second-order valence-electron chi connectivity index (χ2n) is 8.76. The van der Waals surface area contributed by atoms with Gasteiger partial charge in [-0.1, -0.05) is 86.3 Å². The lowest BCUT2D eigenvalue weighted by Gasteiger charge is -2.33. The van der Waals surface area contributed by atoms with Gasteiger partial charge in [-0.2, -0.15) is 0 Å². The molecule has 1 N–H and O–H groups in total.